The Kier molecular flexibility index (Phi) is 8.40. The van der Waals surface area contributed by atoms with Crippen molar-refractivity contribution in [2.45, 2.75) is 18.7 Å². The van der Waals surface area contributed by atoms with Gasteiger partial charge in [0.05, 0.1) is 32.4 Å². The van der Waals surface area contributed by atoms with E-state index in [1.54, 1.807) is 59.8 Å². The van der Waals surface area contributed by atoms with Crippen molar-refractivity contribution < 1.29 is 33.3 Å². The van der Waals surface area contributed by atoms with Crippen LogP contribution in [0.5, 0.6) is 23.0 Å². The summed E-state index contributed by atoms with van der Waals surface area (Å²) in [5.41, 5.74) is 2.14. The van der Waals surface area contributed by atoms with Crippen molar-refractivity contribution in [1.82, 2.24) is 30.5 Å². The lowest BCUT2D eigenvalue weighted by Gasteiger charge is -2.22. The zero-order valence-corrected chi connectivity index (χ0v) is 24.6. The van der Waals surface area contributed by atoms with Gasteiger partial charge in [-0.15, -0.1) is 0 Å². The van der Waals surface area contributed by atoms with Gasteiger partial charge in [-0.3, -0.25) is 19.4 Å². The molecule has 2 atom stereocenters. The van der Waals surface area contributed by atoms with E-state index in [2.05, 4.69) is 25.6 Å². The standard InChI is InChI=1S/C32H30N6O7/c1-42-24-6-4-21-12-27(24)44-18-29(39)34-13-19-3-5-25(26(11-19)43-2)45-28-17-38(16-23(28)37-31(21)40)32(41)22-14-35-30(36-15-22)20-7-9-33-10-8-20/h3-12,14-15,23,28H,13,16-18H2,1-2H3,(H,34,39)(H,37,40)/t23-,28-/m0/s1. The van der Waals surface area contributed by atoms with Crippen LogP contribution in [0, 0.1) is 0 Å². The number of carbonyl (C=O) groups excluding carboxylic acids is 3. The number of hydrogen-bond donors (Lipinski definition) is 2. The molecule has 0 unspecified atom stereocenters. The van der Waals surface area contributed by atoms with Crippen molar-refractivity contribution in [1.29, 1.82) is 0 Å². The highest BCUT2D eigenvalue weighted by molar-refractivity contribution is 5.96. The number of fused-ring (bicyclic) bond motifs is 7. The van der Waals surface area contributed by atoms with Crippen molar-refractivity contribution in [3.05, 3.63) is 90.0 Å². The quantitative estimate of drug-likeness (QED) is 0.352. The summed E-state index contributed by atoms with van der Waals surface area (Å²) in [6.07, 6.45) is 5.63. The predicted molar refractivity (Wildman–Crippen MR) is 160 cm³/mol. The second-order valence-electron chi connectivity index (χ2n) is 10.4. The lowest BCUT2D eigenvalue weighted by molar-refractivity contribution is -0.123. The molecule has 0 spiro atoms. The maximum Gasteiger partial charge on any atom is 0.258 e. The molecule has 0 saturated carbocycles. The molecule has 45 heavy (non-hydrogen) atoms. The van der Waals surface area contributed by atoms with Gasteiger partial charge in [-0.2, -0.15) is 0 Å². The largest absolute Gasteiger partial charge is 0.493 e. The van der Waals surface area contributed by atoms with Gasteiger partial charge in [0.2, 0.25) is 0 Å². The van der Waals surface area contributed by atoms with Crippen LogP contribution in [0.4, 0.5) is 0 Å². The summed E-state index contributed by atoms with van der Waals surface area (Å²) >= 11 is 0. The van der Waals surface area contributed by atoms with Crippen LogP contribution in [0.1, 0.15) is 26.3 Å². The fraction of sp³-hybridized carbons (Fsp3) is 0.250. The van der Waals surface area contributed by atoms with Gasteiger partial charge in [0.1, 0.15) is 6.10 Å². The molecule has 13 nitrogen and oxygen atoms in total. The van der Waals surface area contributed by atoms with Crippen LogP contribution in [0.25, 0.3) is 11.4 Å². The molecule has 2 N–H and O–H groups in total. The molecule has 4 bridgehead atoms. The number of nitrogens with zero attached hydrogens (tertiary/aromatic N) is 4. The minimum absolute atomic E-state index is 0.166. The fourth-order valence-electron chi connectivity index (χ4n) is 5.13. The molecule has 1 fully saturated rings. The van der Waals surface area contributed by atoms with Crippen molar-refractivity contribution in [2.24, 2.45) is 0 Å². The lowest BCUT2D eigenvalue weighted by Crippen LogP contribution is -2.45. The first-order valence-corrected chi connectivity index (χ1v) is 14.2. The first-order chi connectivity index (χ1) is 21.9. The van der Waals surface area contributed by atoms with E-state index in [1.165, 1.54) is 32.7 Å². The smallest absolute Gasteiger partial charge is 0.258 e. The molecule has 3 amide bonds. The zero-order valence-electron chi connectivity index (χ0n) is 24.6. The van der Waals surface area contributed by atoms with Crippen molar-refractivity contribution in [3.63, 3.8) is 0 Å². The fourth-order valence-corrected chi connectivity index (χ4v) is 5.13. The zero-order chi connectivity index (χ0) is 31.3. The summed E-state index contributed by atoms with van der Waals surface area (Å²) in [6.45, 7) is 0.286. The Morgan fingerprint density at radius 3 is 2.44 bits per heavy atom. The number of ether oxygens (including phenoxy) is 4. The van der Waals surface area contributed by atoms with E-state index in [-0.39, 0.29) is 49.4 Å². The molecule has 0 aliphatic carbocycles. The molecule has 2 aromatic heterocycles. The van der Waals surface area contributed by atoms with E-state index < -0.39 is 18.1 Å². The highest BCUT2D eigenvalue weighted by Gasteiger charge is 2.39. The number of carbonyl (C=O) groups is 3. The SMILES string of the molecule is COc1ccc2cc1OCC(=O)NCc1ccc(c(OC)c1)O[C@H]1CN(C(=O)c3cnc(-c4ccncc4)nc3)C[C@@H]1NC2=O. The normalized spacial score (nSPS) is 18.0. The van der Waals surface area contributed by atoms with E-state index in [1.807, 2.05) is 0 Å². The van der Waals surface area contributed by atoms with E-state index in [0.29, 0.717) is 28.6 Å². The minimum atomic E-state index is -0.626. The Hall–Kier alpha value is -5.72. The highest BCUT2D eigenvalue weighted by atomic mass is 16.5. The lowest BCUT2D eigenvalue weighted by atomic mass is 10.1. The molecule has 3 aliphatic rings. The molecule has 3 aliphatic heterocycles. The van der Waals surface area contributed by atoms with Crippen LogP contribution in [-0.2, 0) is 11.3 Å². The average molecular weight is 611 g/mol. The van der Waals surface area contributed by atoms with Crippen molar-refractivity contribution >= 4 is 17.7 Å². The molecule has 7 rings (SSSR count). The van der Waals surface area contributed by atoms with Gasteiger partial charge in [-0.1, -0.05) is 6.07 Å². The minimum Gasteiger partial charge on any atom is -0.493 e. The Morgan fingerprint density at radius 2 is 1.69 bits per heavy atom. The van der Waals surface area contributed by atoms with Gasteiger partial charge in [0.15, 0.2) is 35.4 Å². The van der Waals surface area contributed by atoms with Crippen molar-refractivity contribution in [2.75, 3.05) is 33.9 Å². The van der Waals surface area contributed by atoms with E-state index >= 15 is 0 Å². The third-order valence-electron chi connectivity index (χ3n) is 7.49. The molecule has 0 radical (unpaired) electrons. The molecule has 2 aromatic carbocycles. The Morgan fingerprint density at radius 1 is 0.911 bits per heavy atom. The summed E-state index contributed by atoms with van der Waals surface area (Å²) in [4.78, 5) is 53.9. The van der Waals surface area contributed by atoms with Crippen LogP contribution in [-0.4, -0.2) is 83.6 Å². The highest BCUT2D eigenvalue weighted by Crippen LogP contribution is 2.32. The molecular weight excluding hydrogens is 580 g/mol. The topological polar surface area (TPSA) is 154 Å². The number of aromatic nitrogens is 3. The number of benzene rings is 2. The maximum absolute atomic E-state index is 13.6. The first-order valence-electron chi connectivity index (χ1n) is 14.2. The maximum atomic E-state index is 13.6. The van der Waals surface area contributed by atoms with Gasteiger partial charge in [0.25, 0.3) is 17.7 Å². The summed E-state index contributed by atoms with van der Waals surface area (Å²) in [5, 5.41) is 5.82. The number of likely N-dealkylation sites (tertiary alicyclic amines) is 1. The molecule has 230 valence electrons. The molecule has 13 heteroatoms. The van der Waals surface area contributed by atoms with Crippen LogP contribution < -0.4 is 29.6 Å². The van der Waals surface area contributed by atoms with E-state index in [9.17, 15) is 14.4 Å². The number of rotatable bonds is 4. The van der Waals surface area contributed by atoms with Gasteiger partial charge >= 0.3 is 0 Å². The second kappa shape index (κ2) is 12.9. The molecule has 1 saturated heterocycles. The summed E-state index contributed by atoms with van der Waals surface area (Å²) in [6, 6.07) is 13.0. The van der Waals surface area contributed by atoms with E-state index in [4.69, 9.17) is 18.9 Å². The van der Waals surface area contributed by atoms with Gasteiger partial charge in [-0.05, 0) is 48.0 Å². The summed E-state index contributed by atoms with van der Waals surface area (Å²) < 4.78 is 23.0. The van der Waals surface area contributed by atoms with Crippen molar-refractivity contribution in [3.8, 4) is 34.4 Å². The second-order valence-corrected chi connectivity index (χ2v) is 10.4. The number of pyridine rings is 1. The van der Waals surface area contributed by atoms with Gasteiger partial charge in [-0.25, -0.2) is 9.97 Å². The molecular formula is C32H30N6O7. The number of methoxy groups -OCH3 is 2. The van der Waals surface area contributed by atoms with Crippen LogP contribution >= 0.6 is 0 Å². The monoisotopic (exact) mass is 610 g/mol. The summed E-state index contributed by atoms with van der Waals surface area (Å²) in [7, 11) is 2.98. The Labute approximate surface area is 258 Å². The van der Waals surface area contributed by atoms with Gasteiger partial charge < -0.3 is 34.5 Å². The molecule has 5 heterocycles. The third kappa shape index (κ3) is 6.47. The predicted octanol–water partition coefficient (Wildman–Crippen LogP) is 2.27. The van der Waals surface area contributed by atoms with Crippen LogP contribution in [0.15, 0.2) is 73.3 Å². The third-order valence-corrected chi connectivity index (χ3v) is 7.49. The number of amides is 3. The Bertz CT molecular complexity index is 1720. The number of hydrogen-bond acceptors (Lipinski definition) is 10. The first kappa shape index (κ1) is 29.4. The Balaban J connectivity index is 1.29. The van der Waals surface area contributed by atoms with Crippen LogP contribution in [0.3, 0.4) is 0 Å². The average Bonchev–Trinajstić information content (AvgIpc) is 3.48. The number of nitrogens with one attached hydrogen (secondary N) is 2. The van der Waals surface area contributed by atoms with E-state index in [0.717, 1.165) is 11.1 Å². The van der Waals surface area contributed by atoms with Gasteiger partial charge in [0, 0.05) is 49.0 Å². The summed E-state index contributed by atoms with van der Waals surface area (Å²) in [5.74, 6) is 0.865. The van der Waals surface area contributed by atoms with Crippen LogP contribution in [0.2, 0.25) is 0 Å². The molecule has 4 aromatic rings.